The van der Waals surface area contributed by atoms with Gasteiger partial charge in [0.05, 0.1) is 16.4 Å². The Hall–Kier alpha value is -1.92. The zero-order valence-corrected chi connectivity index (χ0v) is 15.2. The van der Waals surface area contributed by atoms with Gasteiger partial charge in [-0.15, -0.1) is 0 Å². The van der Waals surface area contributed by atoms with Crippen LogP contribution < -0.4 is 5.06 Å². The highest BCUT2D eigenvalue weighted by atomic mass is 79.9. The lowest BCUT2D eigenvalue weighted by atomic mass is 10.2. The molecule has 24 heavy (non-hydrogen) atoms. The van der Waals surface area contributed by atoms with Gasteiger partial charge < -0.3 is 4.84 Å². The Kier molecular flexibility index (Phi) is 6.34. The lowest BCUT2D eigenvalue weighted by molar-refractivity contribution is -0.135. The van der Waals surface area contributed by atoms with Crippen molar-refractivity contribution in [3.8, 4) is 0 Å². The van der Waals surface area contributed by atoms with Crippen molar-refractivity contribution in [2.24, 2.45) is 0 Å². The third kappa shape index (κ3) is 4.55. The first kappa shape index (κ1) is 18.4. The molecule has 1 N–H and O–H groups in total. The van der Waals surface area contributed by atoms with Gasteiger partial charge in [-0.1, -0.05) is 40.9 Å². The molecule has 0 fully saturated rings. The topological polar surface area (TPSA) is 53.4 Å². The monoisotopic (exact) mass is 412 g/mol. The Morgan fingerprint density at radius 3 is 2.46 bits per heavy atom. The Labute approximate surface area is 152 Å². The second-order valence-electron chi connectivity index (χ2n) is 4.98. The fourth-order valence-corrected chi connectivity index (χ4v) is 2.37. The molecule has 0 aliphatic heterocycles. The van der Waals surface area contributed by atoms with Crippen LogP contribution in [-0.4, -0.2) is 11.7 Å². The molecular formula is C17H15BrClFN2O2. The molecule has 0 saturated carbocycles. The van der Waals surface area contributed by atoms with Gasteiger partial charge in [-0.3, -0.25) is 5.41 Å². The number of halogens is 3. The van der Waals surface area contributed by atoms with Crippen molar-refractivity contribution in [1.82, 2.24) is 0 Å². The van der Waals surface area contributed by atoms with Crippen molar-refractivity contribution >= 4 is 50.6 Å². The predicted octanol–water partition coefficient (Wildman–Crippen LogP) is 5.66. The molecule has 0 amide bonds. The van der Waals surface area contributed by atoms with Crippen molar-refractivity contribution in [1.29, 1.82) is 5.41 Å². The zero-order valence-electron chi connectivity index (χ0n) is 12.9. The van der Waals surface area contributed by atoms with Crippen LogP contribution in [0.1, 0.15) is 19.8 Å². The van der Waals surface area contributed by atoms with Gasteiger partial charge in [0, 0.05) is 4.47 Å². The number of anilines is 2. The number of benzene rings is 2. The van der Waals surface area contributed by atoms with Gasteiger partial charge >= 0.3 is 5.97 Å². The molecule has 2 rings (SSSR count). The van der Waals surface area contributed by atoms with E-state index < -0.39 is 11.8 Å². The number of carbonyl (C=O) groups excluding carboxylic acids is 1. The molecule has 0 aliphatic rings. The quantitative estimate of drug-likeness (QED) is 0.491. The summed E-state index contributed by atoms with van der Waals surface area (Å²) in [5, 5.41) is 8.87. The molecule has 0 aliphatic carbocycles. The first-order valence-corrected chi connectivity index (χ1v) is 8.40. The van der Waals surface area contributed by atoms with Gasteiger partial charge in [0.15, 0.2) is 0 Å². The third-order valence-corrected chi connectivity index (χ3v) is 3.94. The number of nitrogens with zero attached hydrogens (tertiary/aromatic N) is 1. The normalized spacial score (nSPS) is 10.3. The standard InChI is InChI=1S/C17H15BrClFN2O2/c1-2-3-16(21)17(23)24-22(12-6-4-11(18)5-7-12)13-8-9-15(20)14(19)10-13/h4-10,21H,2-3H2,1H3. The first-order valence-electron chi connectivity index (χ1n) is 7.23. The van der Waals surface area contributed by atoms with E-state index in [-0.39, 0.29) is 10.7 Å². The second kappa shape index (κ2) is 8.26. The number of rotatable bonds is 6. The maximum Gasteiger partial charge on any atom is 0.376 e. The maximum atomic E-state index is 13.4. The van der Waals surface area contributed by atoms with E-state index in [0.717, 1.165) is 4.47 Å². The van der Waals surface area contributed by atoms with E-state index in [9.17, 15) is 9.18 Å². The molecular weight excluding hydrogens is 399 g/mol. The van der Waals surface area contributed by atoms with Crippen LogP contribution in [0, 0.1) is 11.2 Å². The lowest BCUT2D eigenvalue weighted by Crippen LogP contribution is -2.27. The second-order valence-corrected chi connectivity index (χ2v) is 6.30. The molecule has 0 saturated heterocycles. The van der Waals surface area contributed by atoms with E-state index in [1.807, 2.05) is 6.92 Å². The highest BCUT2D eigenvalue weighted by Crippen LogP contribution is 2.30. The molecule has 0 atom stereocenters. The molecule has 0 bridgehead atoms. The van der Waals surface area contributed by atoms with Gasteiger partial charge in [-0.2, -0.15) is 5.06 Å². The van der Waals surface area contributed by atoms with Gasteiger partial charge in [-0.25, -0.2) is 9.18 Å². The number of carbonyl (C=O) groups is 1. The summed E-state index contributed by atoms with van der Waals surface area (Å²) < 4.78 is 14.3. The molecule has 0 unspecified atom stereocenters. The van der Waals surface area contributed by atoms with Crippen molar-refractivity contribution in [2.75, 3.05) is 5.06 Å². The minimum Gasteiger partial charge on any atom is -0.329 e. The van der Waals surface area contributed by atoms with Crippen LogP contribution in [0.3, 0.4) is 0 Å². The minimum absolute atomic E-state index is 0.0886. The van der Waals surface area contributed by atoms with Crippen LogP contribution >= 0.6 is 27.5 Å². The number of hydrogen-bond acceptors (Lipinski definition) is 4. The maximum absolute atomic E-state index is 13.4. The van der Waals surface area contributed by atoms with Gasteiger partial charge in [0.1, 0.15) is 11.5 Å². The predicted molar refractivity (Wildman–Crippen MR) is 96.4 cm³/mol. The van der Waals surface area contributed by atoms with Crippen molar-refractivity contribution in [3.63, 3.8) is 0 Å². The third-order valence-electron chi connectivity index (χ3n) is 3.12. The number of hydrogen-bond donors (Lipinski definition) is 1. The van der Waals surface area contributed by atoms with Crippen LogP contribution in [-0.2, 0) is 9.63 Å². The summed E-state index contributed by atoms with van der Waals surface area (Å²) in [7, 11) is 0. The van der Waals surface area contributed by atoms with Crippen LogP contribution in [0.5, 0.6) is 0 Å². The Morgan fingerprint density at radius 1 is 1.25 bits per heavy atom. The summed E-state index contributed by atoms with van der Waals surface area (Å²) >= 11 is 9.16. The van der Waals surface area contributed by atoms with Crippen LogP contribution in [0.25, 0.3) is 0 Å². The highest BCUT2D eigenvalue weighted by molar-refractivity contribution is 9.10. The van der Waals surface area contributed by atoms with E-state index in [0.29, 0.717) is 24.2 Å². The Bertz CT molecular complexity index is 753. The molecule has 2 aromatic rings. The summed E-state index contributed by atoms with van der Waals surface area (Å²) in [6.07, 6.45) is 0.978. The van der Waals surface area contributed by atoms with Gasteiger partial charge in [0.2, 0.25) is 0 Å². The summed E-state index contributed by atoms with van der Waals surface area (Å²) in [5.74, 6) is -1.33. The minimum atomic E-state index is -0.764. The highest BCUT2D eigenvalue weighted by Gasteiger charge is 2.19. The van der Waals surface area contributed by atoms with E-state index in [4.69, 9.17) is 21.8 Å². The molecule has 0 heterocycles. The molecule has 2 aromatic carbocycles. The molecule has 0 radical (unpaired) electrons. The fourth-order valence-electron chi connectivity index (χ4n) is 1.93. The Balaban J connectivity index is 2.37. The molecule has 0 spiro atoms. The average Bonchev–Trinajstić information content (AvgIpc) is 2.56. The summed E-state index contributed by atoms with van der Waals surface area (Å²) in [6.45, 7) is 1.87. The Morgan fingerprint density at radius 2 is 1.88 bits per heavy atom. The smallest absolute Gasteiger partial charge is 0.329 e. The SMILES string of the molecule is CCCC(=N)C(=O)ON(c1ccc(Br)cc1)c1ccc(F)c(Cl)c1. The van der Waals surface area contributed by atoms with Crippen molar-refractivity contribution in [2.45, 2.75) is 19.8 Å². The molecule has 4 nitrogen and oxygen atoms in total. The number of nitrogens with one attached hydrogen (secondary N) is 1. The van der Waals surface area contributed by atoms with Crippen LogP contribution in [0.2, 0.25) is 5.02 Å². The van der Waals surface area contributed by atoms with Gasteiger partial charge in [0.25, 0.3) is 0 Å². The van der Waals surface area contributed by atoms with Gasteiger partial charge in [-0.05, 0) is 48.9 Å². The summed E-state index contributed by atoms with van der Waals surface area (Å²) in [6, 6.07) is 11.0. The van der Waals surface area contributed by atoms with E-state index in [1.54, 1.807) is 24.3 Å². The lowest BCUT2D eigenvalue weighted by Gasteiger charge is -2.23. The van der Waals surface area contributed by atoms with Crippen LogP contribution in [0.4, 0.5) is 15.8 Å². The fraction of sp³-hybridized carbons (Fsp3) is 0.176. The molecule has 126 valence electrons. The van der Waals surface area contributed by atoms with E-state index in [1.165, 1.54) is 23.3 Å². The van der Waals surface area contributed by atoms with E-state index in [2.05, 4.69) is 15.9 Å². The summed E-state index contributed by atoms with van der Waals surface area (Å²) in [5.41, 5.74) is 0.785. The first-order chi connectivity index (χ1) is 11.4. The summed E-state index contributed by atoms with van der Waals surface area (Å²) in [4.78, 5) is 17.4. The average molecular weight is 414 g/mol. The van der Waals surface area contributed by atoms with Crippen molar-refractivity contribution in [3.05, 3.63) is 57.8 Å². The van der Waals surface area contributed by atoms with E-state index >= 15 is 0 Å². The molecule has 7 heteroatoms. The van der Waals surface area contributed by atoms with Crippen molar-refractivity contribution < 1.29 is 14.0 Å². The zero-order chi connectivity index (χ0) is 17.7. The van der Waals surface area contributed by atoms with Crippen LogP contribution in [0.15, 0.2) is 46.9 Å². The largest absolute Gasteiger partial charge is 0.376 e. The molecule has 0 aromatic heterocycles.